The number of guanidine groups is 1. The molecule has 0 spiro atoms. The molecular weight excluding hydrogens is 306 g/mol. The maximum Gasteiger partial charge on any atom is 0.220 e. The summed E-state index contributed by atoms with van der Waals surface area (Å²) in [4.78, 5) is 14.1. The Hall–Kier alpha value is -2.12. The van der Waals surface area contributed by atoms with Gasteiger partial charge in [0.1, 0.15) is 11.8 Å². The predicted octanol–water partition coefficient (Wildman–Crippen LogP) is 0.0861. The Morgan fingerprint density at radius 3 is 2.83 bits per heavy atom. The van der Waals surface area contributed by atoms with Crippen molar-refractivity contribution in [2.75, 3.05) is 46.4 Å². The van der Waals surface area contributed by atoms with Gasteiger partial charge in [-0.2, -0.15) is 4.99 Å². The van der Waals surface area contributed by atoms with E-state index in [1.54, 1.807) is 0 Å². The highest BCUT2D eigenvalue weighted by atomic mass is 16.5. The minimum absolute atomic E-state index is 0.0551. The van der Waals surface area contributed by atoms with E-state index >= 15 is 0 Å². The number of hydrogen-bond donors (Lipinski definition) is 2. The number of likely N-dealkylation sites (N-methyl/N-ethyl adjacent to an activating group) is 1. The topological polar surface area (TPSA) is 72.7 Å². The number of aliphatic hydroxyl groups is 1. The Morgan fingerprint density at radius 1 is 1.25 bits per heavy atom. The van der Waals surface area contributed by atoms with E-state index in [0.29, 0.717) is 12.5 Å². The third-order valence-corrected chi connectivity index (χ3v) is 4.74. The number of aliphatic hydroxyl groups excluding tert-OH is 1. The van der Waals surface area contributed by atoms with Crippen LogP contribution in [0.4, 0.5) is 0 Å². The van der Waals surface area contributed by atoms with Crippen LogP contribution in [0, 0.1) is 0 Å². The lowest BCUT2D eigenvalue weighted by atomic mass is 10.0. The summed E-state index contributed by atoms with van der Waals surface area (Å²) in [6, 6.07) is 7.99. The van der Waals surface area contributed by atoms with Gasteiger partial charge in [0.15, 0.2) is 11.9 Å². The van der Waals surface area contributed by atoms with Gasteiger partial charge in [-0.15, -0.1) is 0 Å². The van der Waals surface area contributed by atoms with Gasteiger partial charge >= 0.3 is 0 Å². The van der Waals surface area contributed by atoms with Gasteiger partial charge in [-0.05, 0) is 13.1 Å². The quantitative estimate of drug-likeness (QED) is 0.804. The van der Waals surface area contributed by atoms with E-state index in [1.165, 1.54) is 0 Å². The van der Waals surface area contributed by atoms with Crippen molar-refractivity contribution in [1.82, 2.24) is 15.1 Å². The molecule has 1 fully saturated rings. The molecule has 2 unspecified atom stereocenters. The number of fused-ring (bicyclic) bond motifs is 3. The van der Waals surface area contributed by atoms with Crippen molar-refractivity contribution >= 4 is 11.8 Å². The summed E-state index contributed by atoms with van der Waals surface area (Å²) in [6.45, 7) is 4.40. The van der Waals surface area contributed by atoms with E-state index in [-0.39, 0.29) is 18.8 Å². The SMILES string of the molecule is CN1CCN(C2=NC(NCCO)=NC3c4ccccc4OC23)CC1. The summed E-state index contributed by atoms with van der Waals surface area (Å²) in [7, 11) is 2.14. The molecule has 0 radical (unpaired) electrons. The van der Waals surface area contributed by atoms with Crippen LogP contribution in [0.1, 0.15) is 11.6 Å². The second-order valence-electron chi connectivity index (χ2n) is 6.38. The molecule has 4 rings (SSSR count). The molecule has 3 heterocycles. The fourth-order valence-corrected chi connectivity index (χ4v) is 3.40. The first-order valence-electron chi connectivity index (χ1n) is 8.46. The molecular formula is C17H23N5O2. The molecule has 0 aromatic heterocycles. The molecule has 0 bridgehead atoms. The molecule has 0 saturated carbocycles. The summed E-state index contributed by atoms with van der Waals surface area (Å²) in [5.41, 5.74) is 1.10. The highest BCUT2D eigenvalue weighted by Gasteiger charge is 2.42. The number of amidine groups is 1. The number of piperazine rings is 1. The normalized spacial score (nSPS) is 26.2. The molecule has 0 amide bonds. The van der Waals surface area contributed by atoms with Gasteiger partial charge in [0.25, 0.3) is 0 Å². The summed E-state index contributed by atoms with van der Waals surface area (Å²) in [5.74, 6) is 2.42. The van der Waals surface area contributed by atoms with Crippen molar-refractivity contribution < 1.29 is 9.84 Å². The molecule has 0 aliphatic carbocycles. The van der Waals surface area contributed by atoms with E-state index in [0.717, 1.165) is 43.3 Å². The molecule has 128 valence electrons. The van der Waals surface area contributed by atoms with Crippen LogP contribution in [0.2, 0.25) is 0 Å². The Balaban J connectivity index is 1.65. The molecule has 3 aliphatic rings. The molecule has 2 N–H and O–H groups in total. The number of benzene rings is 1. The van der Waals surface area contributed by atoms with Crippen LogP contribution in [0.25, 0.3) is 0 Å². The van der Waals surface area contributed by atoms with Crippen molar-refractivity contribution in [3.8, 4) is 5.75 Å². The summed E-state index contributed by atoms with van der Waals surface area (Å²) >= 11 is 0. The van der Waals surface area contributed by atoms with Crippen LogP contribution in [-0.4, -0.2) is 79.2 Å². The molecule has 1 saturated heterocycles. The van der Waals surface area contributed by atoms with E-state index in [9.17, 15) is 0 Å². The number of rotatable bonds is 2. The lowest BCUT2D eigenvalue weighted by molar-refractivity contribution is 0.189. The van der Waals surface area contributed by atoms with Crippen molar-refractivity contribution in [3.05, 3.63) is 29.8 Å². The van der Waals surface area contributed by atoms with Gasteiger partial charge in [-0.1, -0.05) is 18.2 Å². The molecule has 3 aliphatic heterocycles. The minimum Gasteiger partial charge on any atom is -0.479 e. The van der Waals surface area contributed by atoms with Crippen LogP contribution in [-0.2, 0) is 0 Å². The summed E-state index contributed by atoms with van der Waals surface area (Å²) in [5, 5.41) is 12.2. The molecule has 2 atom stereocenters. The van der Waals surface area contributed by atoms with Crippen molar-refractivity contribution in [1.29, 1.82) is 0 Å². The molecule has 1 aromatic rings. The van der Waals surface area contributed by atoms with Crippen LogP contribution in [0.15, 0.2) is 34.3 Å². The predicted molar refractivity (Wildman–Crippen MR) is 92.6 cm³/mol. The fourth-order valence-electron chi connectivity index (χ4n) is 3.40. The van der Waals surface area contributed by atoms with E-state index in [1.807, 2.05) is 18.2 Å². The van der Waals surface area contributed by atoms with Gasteiger partial charge in [0, 0.05) is 38.3 Å². The average molecular weight is 329 g/mol. The maximum absolute atomic E-state index is 9.08. The zero-order valence-corrected chi connectivity index (χ0v) is 13.9. The lowest BCUT2D eigenvalue weighted by Crippen LogP contribution is -2.53. The first kappa shape index (κ1) is 15.4. The number of nitrogens with zero attached hydrogens (tertiary/aromatic N) is 4. The standard InChI is InChI=1S/C17H23N5O2/c1-21-7-9-22(10-8-21)16-15-14(19-17(20-16)18-6-11-23)12-4-2-3-5-13(12)24-15/h2-5,14-15,23H,6-11H2,1H3,(H,18,19). The van der Waals surface area contributed by atoms with E-state index in [4.69, 9.17) is 19.8 Å². The van der Waals surface area contributed by atoms with Crippen LogP contribution >= 0.6 is 0 Å². The Kier molecular flexibility index (Phi) is 4.12. The number of nitrogens with one attached hydrogen (secondary N) is 1. The van der Waals surface area contributed by atoms with Gasteiger partial charge in [0.05, 0.1) is 6.61 Å². The first-order chi connectivity index (χ1) is 11.8. The zero-order valence-electron chi connectivity index (χ0n) is 13.9. The Bertz CT molecular complexity index is 667. The number of ether oxygens (including phenoxy) is 1. The van der Waals surface area contributed by atoms with Crippen molar-refractivity contribution in [2.24, 2.45) is 9.98 Å². The van der Waals surface area contributed by atoms with Crippen molar-refractivity contribution in [2.45, 2.75) is 12.1 Å². The van der Waals surface area contributed by atoms with E-state index in [2.05, 4.69) is 28.2 Å². The number of para-hydroxylation sites is 1. The lowest BCUT2D eigenvalue weighted by Gasteiger charge is -2.37. The average Bonchev–Trinajstić information content (AvgIpc) is 2.99. The van der Waals surface area contributed by atoms with Gasteiger partial charge in [0.2, 0.25) is 5.96 Å². The Morgan fingerprint density at radius 2 is 2.04 bits per heavy atom. The van der Waals surface area contributed by atoms with E-state index < -0.39 is 0 Å². The third-order valence-electron chi connectivity index (χ3n) is 4.74. The molecule has 7 nitrogen and oxygen atoms in total. The fraction of sp³-hybridized carbons (Fsp3) is 0.529. The second-order valence-corrected chi connectivity index (χ2v) is 6.38. The van der Waals surface area contributed by atoms with Gasteiger partial charge < -0.3 is 25.0 Å². The molecule has 24 heavy (non-hydrogen) atoms. The first-order valence-corrected chi connectivity index (χ1v) is 8.46. The van der Waals surface area contributed by atoms with Crippen LogP contribution in [0.3, 0.4) is 0 Å². The van der Waals surface area contributed by atoms with Crippen molar-refractivity contribution in [3.63, 3.8) is 0 Å². The highest BCUT2D eigenvalue weighted by Crippen LogP contribution is 2.41. The zero-order chi connectivity index (χ0) is 16.5. The molecule has 1 aromatic carbocycles. The van der Waals surface area contributed by atoms with Crippen LogP contribution in [0.5, 0.6) is 5.75 Å². The van der Waals surface area contributed by atoms with Gasteiger partial charge in [-0.3, -0.25) is 0 Å². The third kappa shape index (κ3) is 2.74. The monoisotopic (exact) mass is 329 g/mol. The maximum atomic E-state index is 9.08. The minimum atomic E-state index is -0.162. The summed E-state index contributed by atoms with van der Waals surface area (Å²) in [6.07, 6.45) is -0.162. The number of aliphatic imine (C=N–C) groups is 2. The summed E-state index contributed by atoms with van der Waals surface area (Å²) < 4.78 is 6.19. The Labute approximate surface area is 141 Å². The highest BCUT2D eigenvalue weighted by molar-refractivity contribution is 6.01. The van der Waals surface area contributed by atoms with Crippen LogP contribution < -0.4 is 10.1 Å². The number of hydrogen-bond acceptors (Lipinski definition) is 7. The second kappa shape index (κ2) is 6.41. The largest absolute Gasteiger partial charge is 0.479 e. The smallest absolute Gasteiger partial charge is 0.220 e. The molecule has 7 heteroatoms. The van der Waals surface area contributed by atoms with Gasteiger partial charge in [-0.25, -0.2) is 4.99 Å².